The maximum atomic E-state index is 13.3. The number of esters is 6. The van der Waals surface area contributed by atoms with Gasteiger partial charge in [0.2, 0.25) is 0 Å². The zero-order valence-electron chi connectivity index (χ0n) is 28.3. The van der Waals surface area contributed by atoms with Crippen LogP contribution < -0.4 is 0 Å². The average Bonchev–Trinajstić information content (AvgIpc) is 3.75. The fraction of sp³-hybridized carbons (Fsp3) is 0.697. The van der Waals surface area contributed by atoms with E-state index in [4.69, 9.17) is 44.8 Å². The summed E-state index contributed by atoms with van der Waals surface area (Å²) < 4.78 is 41.1. The molecule has 0 unspecified atom stereocenters. The molecule has 2 aliphatic heterocycles. The minimum Gasteiger partial charge on any atom is -0.459 e. The third-order valence-electron chi connectivity index (χ3n) is 9.60. The molecule has 16 heteroatoms. The van der Waals surface area contributed by atoms with E-state index in [0.717, 1.165) is 20.8 Å². The number of allylic oxidation sites excluding steroid dienone is 2. The highest BCUT2D eigenvalue weighted by atomic mass is 35.5. The number of carbonyl (C=O) groups excluding carboxylic acids is 6. The number of aliphatic hydroxyl groups is 2. The van der Waals surface area contributed by atoms with Crippen molar-refractivity contribution in [1.29, 1.82) is 0 Å². The van der Waals surface area contributed by atoms with Crippen molar-refractivity contribution in [3.8, 4) is 0 Å². The molecule has 3 fully saturated rings. The molecule has 1 saturated carbocycles. The first-order chi connectivity index (χ1) is 22.9. The van der Waals surface area contributed by atoms with Gasteiger partial charge in [0.25, 0.3) is 0 Å². The van der Waals surface area contributed by atoms with Crippen LogP contribution in [0.2, 0.25) is 0 Å². The molecule has 0 aromatic heterocycles. The van der Waals surface area contributed by atoms with E-state index in [2.05, 4.69) is 0 Å². The average molecular weight is 715 g/mol. The number of epoxide rings is 1. The summed E-state index contributed by atoms with van der Waals surface area (Å²) in [6.45, 7) is 8.26. The minimum absolute atomic E-state index is 0.0920. The van der Waals surface area contributed by atoms with E-state index in [1.807, 2.05) is 0 Å². The topological polar surface area (TPSA) is 211 Å². The van der Waals surface area contributed by atoms with Crippen molar-refractivity contribution in [2.75, 3.05) is 19.1 Å². The summed E-state index contributed by atoms with van der Waals surface area (Å²) in [7, 11) is 0. The van der Waals surface area contributed by atoms with Gasteiger partial charge in [-0.05, 0) is 30.6 Å². The molecule has 4 rings (SSSR count). The number of carbonyl (C=O) groups is 6. The van der Waals surface area contributed by atoms with E-state index >= 15 is 0 Å². The largest absolute Gasteiger partial charge is 0.459 e. The monoisotopic (exact) mass is 714 g/mol. The van der Waals surface area contributed by atoms with Gasteiger partial charge in [0, 0.05) is 39.0 Å². The van der Waals surface area contributed by atoms with Crippen LogP contribution >= 0.6 is 11.6 Å². The van der Waals surface area contributed by atoms with E-state index in [-0.39, 0.29) is 30.4 Å². The Hall–Kier alpha value is -3.53. The molecule has 0 bridgehead atoms. The number of hydrogen-bond acceptors (Lipinski definition) is 15. The number of alkyl halides is 1. The van der Waals surface area contributed by atoms with E-state index in [1.54, 1.807) is 13.8 Å². The van der Waals surface area contributed by atoms with Crippen molar-refractivity contribution in [2.24, 2.45) is 23.2 Å². The van der Waals surface area contributed by atoms with Crippen LogP contribution in [0.25, 0.3) is 0 Å². The van der Waals surface area contributed by atoms with Crippen molar-refractivity contribution >= 4 is 47.4 Å². The number of ether oxygens (including phenoxy) is 7. The predicted molar refractivity (Wildman–Crippen MR) is 165 cm³/mol. The molecule has 2 aliphatic carbocycles. The molecule has 2 heterocycles. The minimum atomic E-state index is -2.38. The quantitative estimate of drug-likeness (QED) is 0.148. The summed E-state index contributed by atoms with van der Waals surface area (Å²) >= 11 is 6.25. The SMILES string of the molecule is CC(=O)O[C@@H]1[C@H](OC(=O)CC(C)C)[C@H](OC(C)=O)[C@]2(C)[C@@H](OC(=O)CO)/C=C\C(CCl)=C/[C@@H]3OC(=O)[C@H](C)[C@@]3(O)[C@@H](OC(C)=O)[C@H]2[C@@]12CO2. The van der Waals surface area contributed by atoms with Gasteiger partial charge in [-0.2, -0.15) is 0 Å². The van der Waals surface area contributed by atoms with Gasteiger partial charge < -0.3 is 43.4 Å². The zero-order chi connectivity index (χ0) is 36.6. The van der Waals surface area contributed by atoms with Gasteiger partial charge in [0.15, 0.2) is 30.0 Å². The van der Waals surface area contributed by atoms with Gasteiger partial charge in [-0.15, -0.1) is 11.6 Å². The van der Waals surface area contributed by atoms with Gasteiger partial charge in [0.1, 0.15) is 24.4 Å². The summed E-state index contributed by atoms with van der Waals surface area (Å²) in [6.07, 6.45) is -5.57. The van der Waals surface area contributed by atoms with Crippen molar-refractivity contribution in [3.63, 3.8) is 0 Å². The Bertz CT molecular complexity index is 1420. The second kappa shape index (κ2) is 14.4. The lowest BCUT2D eigenvalue weighted by Gasteiger charge is -2.59. The Morgan fingerprint density at radius 2 is 1.53 bits per heavy atom. The van der Waals surface area contributed by atoms with Crippen LogP contribution in [0.5, 0.6) is 0 Å². The Labute approximate surface area is 288 Å². The Morgan fingerprint density at radius 3 is 2.04 bits per heavy atom. The Kier molecular flexibility index (Phi) is 11.2. The van der Waals surface area contributed by atoms with Crippen LogP contribution in [0.4, 0.5) is 0 Å². The maximum Gasteiger partial charge on any atom is 0.332 e. The number of rotatable bonds is 9. The van der Waals surface area contributed by atoms with Gasteiger partial charge in [-0.1, -0.05) is 26.8 Å². The third kappa shape index (κ3) is 7.08. The number of fused-ring (bicyclic) bond motifs is 3. The highest BCUT2D eigenvalue weighted by Gasteiger charge is 2.81. The first-order valence-corrected chi connectivity index (χ1v) is 16.4. The Morgan fingerprint density at radius 1 is 0.959 bits per heavy atom. The molecule has 4 aliphatic rings. The van der Waals surface area contributed by atoms with Crippen LogP contribution in [0.1, 0.15) is 54.9 Å². The zero-order valence-corrected chi connectivity index (χ0v) is 29.1. The molecular weight excluding hydrogens is 672 g/mol. The van der Waals surface area contributed by atoms with Crippen LogP contribution in [-0.4, -0.2) is 113 Å². The van der Waals surface area contributed by atoms with Gasteiger partial charge in [-0.25, -0.2) is 4.79 Å². The smallest absolute Gasteiger partial charge is 0.332 e. The molecule has 2 N–H and O–H groups in total. The van der Waals surface area contributed by atoms with Crippen molar-refractivity contribution in [3.05, 3.63) is 23.8 Å². The number of halogens is 1. The first-order valence-electron chi connectivity index (χ1n) is 15.9. The lowest BCUT2D eigenvalue weighted by Crippen LogP contribution is -2.76. The van der Waals surface area contributed by atoms with Crippen molar-refractivity contribution in [2.45, 2.75) is 103 Å². The van der Waals surface area contributed by atoms with E-state index < -0.39 is 107 Å². The van der Waals surface area contributed by atoms with E-state index in [9.17, 15) is 39.0 Å². The van der Waals surface area contributed by atoms with Crippen molar-refractivity contribution < 1.29 is 72.1 Å². The van der Waals surface area contributed by atoms with Gasteiger partial charge in [-0.3, -0.25) is 24.0 Å². The molecule has 0 amide bonds. The molecule has 0 radical (unpaired) electrons. The second-order valence-corrected chi connectivity index (χ2v) is 13.8. The lowest BCUT2D eigenvalue weighted by molar-refractivity contribution is -0.279. The second-order valence-electron chi connectivity index (χ2n) is 13.5. The van der Waals surface area contributed by atoms with Gasteiger partial charge >= 0.3 is 35.8 Å². The molecule has 272 valence electrons. The van der Waals surface area contributed by atoms with Gasteiger partial charge in [0.05, 0.1) is 17.9 Å². The Balaban J connectivity index is 2.15. The summed E-state index contributed by atoms with van der Waals surface area (Å²) in [5.74, 6) is -8.60. The lowest BCUT2D eigenvalue weighted by atomic mass is 9.51. The summed E-state index contributed by atoms with van der Waals surface area (Å²) in [6, 6.07) is 0. The van der Waals surface area contributed by atoms with E-state index in [1.165, 1.54) is 32.1 Å². The predicted octanol–water partition coefficient (Wildman–Crippen LogP) is 1.08. The normalized spacial score (nSPS) is 39.7. The summed E-state index contributed by atoms with van der Waals surface area (Å²) in [5, 5.41) is 22.5. The fourth-order valence-electron chi connectivity index (χ4n) is 7.44. The van der Waals surface area contributed by atoms with Crippen LogP contribution in [0, 0.1) is 23.2 Å². The molecule has 11 atom stereocenters. The van der Waals surface area contributed by atoms with Crippen molar-refractivity contribution in [1.82, 2.24) is 0 Å². The third-order valence-corrected chi connectivity index (χ3v) is 9.91. The fourth-order valence-corrected chi connectivity index (χ4v) is 7.62. The molecule has 0 aromatic rings. The highest BCUT2D eigenvalue weighted by molar-refractivity contribution is 6.19. The van der Waals surface area contributed by atoms with Crippen LogP contribution in [-0.2, 0) is 61.9 Å². The molecular formula is C33H43ClO15. The summed E-state index contributed by atoms with van der Waals surface area (Å²) in [5.41, 5.74) is -5.81. The first kappa shape index (κ1) is 38.3. The molecule has 49 heavy (non-hydrogen) atoms. The standard InChI is InChI=1S/C33H43ClO15/c1-15(2)10-23(39)49-25-27(44-17(4)36)31(7)21(47-24(40)13-35)9-8-20(12-34)11-22-33(42,16(3)30(41)48-22)29(46-19(6)38)26(31)32(14-43-32)28(25)45-18(5)37/h8-9,11,15-16,21-22,25-29,35,42H,10,12-14H2,1-7H3/b9-8-,20-11+/t16-,21-,22-,25+,26+,27-,28+,29-,31+,32-,33-/m0/s1. The van der Waals surface area contributed by atoms with Crippen LogP contribution in [0.3, 0.4) is 0 Å². The highest BCUT2D eigenvalue weighted by Crippen LogP contribution is 2.63. The summed E-state index contributed by atoms with van der Waals surface area (Å²) in [4.78, 5) is 77.9. The number of hydrogen-bond donors (Lipinski definition) is 2. The van der Waals surface area contributed by atoms with E-state index in [0.29, 0.717) is 0 Å². The number of aliphatic hydroxyl groups excluding tert-OH is 1. The molecule has 1 spiro atoms. The maximum absolute atomic E-state index is 13.3. The molecule has 15 nitrogen and oxygen atoms in total. The molecule has 2 saturated heterocycles. The van der Waals surface area contributed by atoms with Crippen LogP contribution in [0.15, 0.2) is 23.8 Å². The molecule has 0 aromatic carbocycles.